The van der Waals surface area contributed by atoms with Crippen molar-refractivity contribution < 1.29 is 4.39 Å². The van der Waals surface area contributed by atoms with Gasteiger partial charge in [0.25, 0.3) is 0 Å². The molecule has 0 bridgehead atoms. The molecular weight excluding hydrogens is 367 g/mol. The summed E-state index contributed by atoms with van der Waals surface area (Å²) in [4.78, 5) is 0. The number of fused-ring (bicyclic) bond motifs is 1. The van der Waals surface area contributed by atoms with Crippen LogP contribution in [0.4, 0.5) is 4.39 Å². The van der Waals surface area contributed by atoms with Gasteiger partial charge in [0.15, 0.2) is 0 Å². The van der Waals surface area contributed by atoms with Crippen molar-refractivity contribution in [3.05, 3.63) is 78.1 Å². The largest absolute Gasteiger partial charge is 0.206 e. The number of unbranched alkanes of at least 4 members (excludes halogenated alkanes) is 2. The molecule has 1 aliphatic rings. The highest BCUT2D eigenvalue weighted by molar-refractivity contribution is 5.89. The molecule has 0 heterocycles. The second-order valence-corrected chi connectivity index (χ2v) is 8.94. The van der Waals surface area contributed by atoms with Gasteiger partial charge in [-0.1, -0.05) is 93.8 Å². The van der Waals surface area contributed by atoms with Crippen LogP contribution in [0.3, 0.4) is 0 Å². The van der Waals surface area contributed by atoms with E-state index in [9.17, 15) is 4.39 Å². The molecule has 1 heteroatoms. The van der Waals surface area contributed by atoms with Gasteiger partial charge in [-0.2, -0.15) is 0 Å². The number of halogens is 1. The number of rotatable bonds is 7. The van der Waals surface area contributed by atoms with Crippen LogP contribution in [0.5, 0.6) is 0 Å². The van der Waals surface area contributed by atoms with Gasteiger partial charge in [-0.15, -0.1) is 0 Å². The molecule has 1 saturated carbocycles. The summed E-state index contributed by atoms with van der Waals surface area (Å²) < 4.78 is 14.5. The van der Waals surface area contributed by atoms with Gasteiger partial charge in [-0.3, -0.25) is 0 Å². The van der Waals surface area contributed by atoms with Gasteiger partial charge in [0.2, 0.25) is 0 Å². The first-order valence-electron chi connectivity index (χ1n) is 11.6. The molecule has 0 spiro atoms. The van der Waals surface area contributed by atoms with Crippen molar-refractivity contribution in [1.29, 1.82) is 0 Å². The molecule has 156 valence electrons. The van der Waals surface area contributed by atoms with Crippen LogP contribution >= 0.6 is 0 Å². The molecule has 1 aliphatic carbocycles. The van der Waals surface area contributed by atoms with E-state index in [0.29, 0.717) is 16.9 Å². The molecule has 0 aromatic heterocycles. The zero-order valence-electron chi connectivity index (χ0n) is 18.2. The maximum atomic E-state index is 14.5. The SMILES string of the molecule is C=Cc1ccc2cc(-c3ccc(C4CCC(CCCCC)CC4)cc3)ccc2c1F. The smallest absolute Gasteiger partial charge is 0.138 e. The molecule has 3 aromatic carbocycles. The van der Waals surface area contributed by atoms with Crippen LogP contribution < -0.4 is 0 Å². The summed E-state index contributed by atoms with van der Waals surface area (Å²) in [5.74, 6) is 1.48. The molecule has 0 saturated heterocycles. The monoisotopic (exact) mass is 400 g/mol. The molecule has 1 fully saturated rings. The van der Waals surface area contributed by atoms with Crippen LogP contribution in [0, 0.1) is 11.7 Å². The lowest BCUT2D eigenvalue weighted by atomic mass is 9.77. The van der Waals surface area contributed by atoms with E-state index in [1.54, 1.807) is 12.1 Å². The summed E-state index contributed by atoms with van der Waals surface area (Å²) in [6.07, 6.45) is 12.6. The molecule has 0 amide bonds. The van der Waals surface area contributed by atoms with E-state index in [2.05, 4.69) is 43.8 Å². The minimum atomic E-state index is -0.185. The lowest BCUT2D eigenvalue weighted by molar-refractivity contribution is 0.303. The average Bonchev–Trinajstić information content (AvgIpc) is 2.80. The molecule has 0 nitrogen and oxygen atoms in total. The molecule has 0 aliphatic heterocycles. The van der Waals surface area contributed by atoms with Crippen molar-refractivity contribution >= 4 is 16.8 Å². The number of benzene rings is 3. The molecule has 0 atom stereocenters. The van der Waals surface area contributed by atoms with E-state index in [4.69, 9.17) is 0 Å². The minimum absolute atomic E-state index is 0.185. The Labute approximate surface area is 180 Å². The van der Waals surface area contributed by atoms with Gasteiger partial charge in [-0.25, -0.2) is 4.39 Å². The summed E-state index contributed by atoms with van der Waals surface area (Å²) in [5.41, 5.74) is 4.37. The third-order valence-corrected chi connectivity index (χ3v) is 6.98. The van der Waals surface area contributed by atoms with Gasteiger partial charge in [-0.05, 0) is 65.7 Å². The van der Waals surface area contributed by atoms with E-state index in [0.717, 1.165) is 16.9 Å². The predicted octanol–water partition coefficient (Wildman–Crippen LogP) is 9.14. The van der Waals surface area contributed by atoms with E-state index in [-0.39, 0.29) is 5.82 Å². The Morgan fingerprint density at radius 3 is 2.33 bits per heavy atom. The van der Waals surface area contributed by atoms with Crippen LogP contribution in [0.2, 0.25) is 0 Å². The van der Waals surface area contributed by atoms with E-state index in [1.807, 2.05) is 18.2 Å². The van der Waals surface area contributed by atoms with Crippen LogP contribution in [-0.2, 0) is 0 Å². The maximum absolute atomic E-state index is 14.5. The van der Waals surface area contributed by atoms with E-state index in [1.165, 1.54) is 62.5 Å². The highest BCUT2D eigenvalue weighted by atomic mass is 19.1. The molecule has 0 unspecified atom stereocenters. The minimum Gasteiger partial charge on any atom is -0.206 e. The molecule has 3 aromatic rings. The third kappa shape index (κ3) is 4.51. The van der Waals surface area contributed by atoms with Gasteiger partial charge >= 0.3 is 0 Å². The summed E-state index contributed by atoms with van der Waals surface area (Å²) in [6, 6.07) is 18.9. The lowest BCUT2D eigenvalue weighted by Gasteiger charge is -2.29. The van der Waals surface area contributed by atoms with Crippen molar-refractivity contribution in [2.75, 3.05) is 0 Å². The lowest BCUT2D eigenvalue weighted by Crippen LogP contribution is -2.13. The fraction of sp³-hybridized carbons (Fsp3) is 0.379. The molecule has 4 rings (SSSR count). The van der Waals surface area contributed by atoms with Gasteiger partial charge < -0.3 is 0 Å². The van der Waals surface area contributed by atoms with Gasteiger partial charge in [0, 0.05) is 10.9 Å². The first kappa shape index (κ1) is 20.8. The maximum Gasteiger partial charge on any atom is 0.138 e. The van der Waals surface area contributed by atoms with Crippen molar-refractivity contribution in [3.8, 4) is 11.1 Å². The summed E-state index contributed by atoms with van der Waals surface area (Å²) in [6.45, 7) is 5.98. The Morgan fingerprint density at radius 1 is 0.900 bits per heavy atom. The Balaban J connectivity index is 1.44. The van der Waals surface area contributed by atoms with Crippen molar-refractivity contribution in [2.45, 2.75) is 64.2 Å². The zero-order valence-corrected chi connectivity index (χ0v) is 18.2. The van der Waals surface area contributed by atoms with Crippen LogP contribution in [0.1, 0.15) is 75.3 Å². The molecule has 0 radical (unpaired) electrons. The van der Waals surface area contributed by atoms with E-state index < -0.39 is 0 Å². The Bertz CT molecular complexity index is 991. The normalized spacial score (nSPS) is 19.1. The topological polar surface area (TPSA) is 0 Å². The first-order chi connectivity index (χ1) is 14.7. The Hall–Kier alpha value is -2.41. The number of hydrogen-bond acceptors (Lipinski definition) is 0. The standard InChI is InChI=1S/C29H33F/c1-3-5-6-7-21-8-10-23(11-9-21)24-13-15-25(16-14-24)26-18-19-28-27(20-26)17-12-22(4-2)29(28)30/h4,12-21,23H,2-3,5-11H2,1H3. The third-order valence-electron chi connectivity index (χ3n) is 6.98. The first-order valence-corrected chi connectivity index (χ1v) is 11.6. The average molecular weight is 401 g/mol. The molecule has 0 N–H and O–H groups in total. The predicted molar refractivity (Wildman–Crippen MR) is 128 cm³/mol. The molecule has 30 heavy (non-hydrogen) atoms. The van der Waals surface area contributed by atoms with Crippen molar-refractivity contribution in [2.24, 2.45) is 5.92 Å². The highest BCUT2D eigenvalue weighted by Crippen LogP contribution is 2.38. The van der Waals surface area contributed by atoms with Crippen LogP contribution in [0.25, 0.3) is 28.0 Å². The fourth-order valence-corrected chi connectivity index (χ4v) is 5.06. The van der Waals surface area contributed by atoms with Crippen molar-refractivity contribution in [3.63, 3.8) is 0 Å². The van der Waals surface area contributed by atoms with Crippen molar-refractivity contribution in [1.82, 2.24) is 0 Å². The second kappa shape index (κ2) is 9.60. The quantitative estimate of drug-likeness (QED) is 0.347. The van der Waals surface area contributed by atoms with Gasteiger partial charge in [0.05, 0.1) is 0 Å². The highest BCUT2D eigenvalue weighted by Gasteiger charge is 2.22. The zero-order chi connectivity index (χ0) is 20.9. The van der Waals surface area contributed by atoms with Gasteiger partial charge in [0.1, 0.15) is 5.82 Å². The second-order valence-electron chi connectivity index (χ2n) is 8.94. The van der Waals surface area contributed by atoms with E-state index >= 15 is 0 Å². The van der Waals surface area contributed by atoms with Crippen LogP contribution in [0.15, 0.2) is 61.2 Å². The summed E-state index contributed by atoms with van der Waals surface area (Å²) in [7, 11) is 0. The fourth-order valence-electron chi connectivity index (χ4n) is 5.06. The summed E-state index contributed by atoms with van der Waals surface area (Å²) >= 11 is 0. The van der Waals surface area contributed by atoms with Crippen LogP contribution in [-0.4, -0.2) is 0 Å². The summed E-state index contributed by atoms with van der Waals surface area (Å²) in [5, 5.41) is 1.59. The Kier molecular flexibility index (Phi) is 6.67. The Morgan fingerprint density at radius 2 is 1.63 bits per heavy atom. The molecular formula is C29H33F. The number of hydrogen-bond donors (Lipinski definition) is 0.